The van der Waals surface area contributed by atoms with E-state index in [1.54, 1.807) is 18.2 Å². The molecule has 25 heavy (non-hydrogen) atoms. The molecule has 0 aliphatic heterocycles. The van der Waals surface area contributed by atoms with Crippen molar-refractivity contribution in [2.45, 2.75) is 6.92 Å². The highest BCUT2D eigenvalue weighted by Gasteiger charge is 2.10. The number of benzene rings is 2. The lowest BCUT2D eigenvalue weighted by molar-refractivity contribution is 0.0901. The van der Waals surface area contributed by atoms with Gasteiger partial charge in [0.15, 0.2) is 17.3 Å². The Morgan fingerprint density at radius 3 is 2.24 bits per heavy atom. The van der Waals surface area contributed by atoms with E-state index in [4.69, 9.17) is 9.84 Å². The summed E-state index contributed by atoms with van der Waals surface area (Å²) >= 11 is 0. The van der Waals surface area contributed by atoms with E-state index in [1.165, 1.54) is 30.6 Å². The van der Waals surface area contributed by atoms with Crippen molar-refractivity contribution in [2.24, 2.45) is 10.2 Å². The molecule has 0 saturated heterocycles. The lowest BCUT2D eigenvalue weighted by Crippen LogP contribution is -2.05. The van der Waals surface area contributed by atoms with E-state index < -0.39 is 12.4 Å². The molecule has 130 valence electrons. The van der Waals surface area contributed by atoms with E-state index >= 15 is 0 Å². The number of rotatable bonds is 7. The minimum atomic E-state index is -0.685. The summed E-state index contributed by atoms with van der Waals surface area (Å²) in [5.74, 6) is -0.371. The third-order valence-corrected chi connectivity index (χ3v) is 3.23. The molecule has 7 nitrogen and oxygen atoms in total. The van der Waals surface area contributed by atoms with E-state index in [0.29, 0.717) is 23.5 Å². The minimum absolute atomic E-state index is 0.0234. The molecule has 0 aromatic heterocycles. The largest absolute Gasteiger partial charge is 0.507 e. The van der Waals surface area contributed by atoms with Crippen LogP contribution in [-0.4, -0.2) is 46.7 Å². The van der Waals surface area contributed by atoms with Crippen LogP contribution in [0.4, 0.5) is 0 Å². The van der Waals surface area contributed by atoms with Gasteiger partial charge in [-0.05, 0) is 54.4 Å². The predicted molar refractivity (Wildman–Crippen MR) is 94.0 cm³/mol. The number of ketones is 1. The normalized spacial score (nSPS) is 11.3. The fraction of sp³-hybridized carbons (Fsp3) is 0.167. The standard InChI is InChI=1S/C18H18N2O5/c1-2-25-18-8-13(4-6-16(18)23)10-20-19-9-12-3-5-15(22)14(7-12)17(24)11-21/h3-10,21-23H,2,11H2,1H3/b19-9+,20-10+. The minimum Gasteiger partial charge on any atom is -0.507 e. The van der Waals surface area contributed by atoms with Gasteiger partial charge in [-0.15, -0.1) is 0 Å². The van der Waals surface area contributed by atoms with Gasteiger partial charge in [-0.3, -0.25) is 4.79 Å². The van der Waals surface area contributed by atoms with Gasteiger partial charge in [0.05, 0.1) is 24.6 Å². The van der Waals surface area contributed by atoms with Gasteiger partial charge < -0.3 is 20.1 Å². The maximum absolute atomic E-state index is 11.5. The number of hydrogen-bond donors (Lipinski definition) is 3. The molecule has 0 fully saturated rings. The molecule has 0 aliphatic carbocycles. The highest BCUT2D eigenvalue weighted by molar-refractivity contribution is 6.00. The van der Waals surface area contributed by atoms with Crippen molar-refractivity contribution in [1.82, 2.24) is 0 Å². The van der Waals surface area contributed by atoms with Gasteiger partial charge in [0.1, 0.15) is 12.4 Å². The Hall–Kier alpha value is -3.19. The van der Waals surface area contributed by atoms with Crippen molar-refractivity contribution in [1.29, 1.82) is 0 Å². The van der Waals surface area contributed by atoms with Crippen molar-refractivity contribution in [2.75, 3.05) is 13.2 Å². The topological polar surface area (TPSA) is 112 Å². The lowest BCUT2D eigenvalue weighted by Gasteiger charge is -2.05. The smallest absolute Gasteiger partial charge is 0.191 e. The average Bonchev–Trinajstić information content (AvgIpc) is 2.62. The Balaban J connectivity index is 2.12. The van der Waals surface area contributed by atoms with Crippen molar-refractivity contribution in [3.8, 4) is 17.2 Å². The predicted octanol–water partition coefficient (Wildman–Crippen LogP) is 2.12. The molecule has 2 aromatic carbocycles. The summed E-state index contributed by atoms with van der Waals surface area (Å²) < 4.78 is 5.28. The molecule has 3 N–H and O–H groups in total. The first-order valence-corrected chi connectivity index (χ1v) is 7.54. The van der Waals surface area contributed by atoms with Crippen LogP contribution in [0.3, 0.4) is 0 Å². The summed E-state index contributed by atoms with van der Waals surface area (Å²) in [5.41, 5.74) is 1.27. The van der Waals surface area contributed by atoms with Crippen LogP contribution in [0.1, 0.15) is 28.4 Å². The summed E-state index contributed by atoms with van der Waals surface area (Å²) in [6, 6.07) is 9.13. The Bertz CT molecular complexity index is 815. The van der Waals surface area contributed by atoms with Crippen LogP contribution >= 0.6 is 0 Å². The molecule has 7 heteroatoms. The third kappa shape index (κ3) is 4.89. The SMILES string of the molecule is CCOc1cc(/C=N/N=C/c2ccc(O)c(C(=O)CO)c2)ccc1O. The van der Waals surface area contributed by atoms with Gasteiger partial charge in [-0.1, -0.05) is 0 Å². The number of ether oxygens (including phenoxy) is 1. The first-order valence-electron chi connectivity index (χ1n) is 7.54. The van der Waals surface area contributed by atoms with Gasteiger partial charge in [-0.2, -0.15) is 10.2 Å². The maximum atomic E-state index is 11.5. The zero-order valence-corrected chi connectivity index (χ0v) is 13.6. The van der Waals surface area contributed by atoms with E-state index in [0.717, 1.165) is 0 Å². The number of aromatic hydroxyl groups is 2. The molecule has 0 atom stereocenters. The molecular weight excluding hydrogens is 324 g/mol. The molecule has 0 saturated carbocycles. The number of hydrogen-bond acceptors (Lipinski definition) is 7. The van der Waals surface area contributed by atoms with E-state index in [2.05, 4.69) is 10.2 Å². The number of nitrogens with zero attached hydrogens (tertiary/aromatic N) is 2. The van der Waals surface area contributed by atoms with Crippen LogP contribution in [0, 0.1) is 0 Å². The Morgan fingerprint density at radius 1 is 1.04 bits per heavy atom. The van der Waals surface area contributed by atoms with Gasteiger partial charge in [0, 0.05) is 0 Å². The fourth-order valence-electron chi connectivity index (χ4n) is 2.02. The molecule has 0 spiro atoms. The zero-order valence-electron chi connectivity index (χ0n) is 13.6. The molecule has 0 bridgehead atoms. The number of carbonyl (C=O) groups is 1. The van der Waals surface area contributed by atoms with Crippen LogP contribution in [-0.2, 0) is 0 Å². The summed E-state index contributed by atoms with van der Waals surface area (Å²) in [6.45, 7) is 1.56. The van der Waals surface area contributed by atoms with Crippen LogP contribution in [0.15, 0.2) is 46.6 Å². The average molecular weight is 342 g/mol. The molecule has 0 heterocycles. The molecule has 0 aliphatic rings. The van der Waals surface area contributed by atoms with Crippen molar-refractivity contribution >= 4 is 18.2 Å². The first-order chi connectivity index (χ1) is 12.0. The third-order valence-electron chi connectivity index (χ3n) is 3.23. The fourth-order valence-corrected chi connectivity index (χ4v) is 2.02. The molecule has 2 rings (SSSR count). The van der Waals surface area contributed by atoms with Crippen LogP contribution in [0.2, 0.25) is 0 Å². The second-order valence-corrected chi connectivity index (χ2v) is 5.01. The molecular formula is C18H18N2O5. The Labute approximate surface area is 144 Å². The first kappa shape index (κ1) is 18.2. The second-order valence-electron chi connectivity index (χ2n) is 5.01. The van der Waals surface area contributed by atoms with Gasteiger partial charge >= 0.3 is 0 Å². The van der Waals surface area contributed by atoms with Crippen molar-refractivity contribution < 1.29 is 24.9 Å². The van der Waals surface area contributed by atoms with Gasteiger partial charge in [0.2, 0.25) is 0 Å². The highest BCUT2D eigenvalue weighted by atomic mass is 16.5. The summed E-state index contributed by atoms with van der Waals surface area (Å²) in [6.07, 6.45) is 2.90. The Morgan fingerprint density at radius 2 is 1.64 bits per heavy atom. The van der Waals surface area contributed by atoms with Gasteiger partial charge in [-0.25, -0.2) is 0 Å². The van der Waals surface area contributed by atoms with E-state index in [-0.39, 0.29) is 17.1 Å². The summed E-state index contributed by atoms with van der Waals surface area (Å²) in [7, 11) is 0. The zero-order chi connectivity index (χ0) is 18.2. The van der Waals surface area contributed by atoms with Crippen LogP contribution in [0.25, 0.3) is 0 Å². The molecule has 0 unspecified atom stereocenters. The lowest BCUT2D eigenvalue weighted by atomic mass is 10.1. The number of Topliss-reactive ketones (excluding diaryl/α,β-unsaturated/α-hetero) is 1. The number of phenols is 2. The highest BCUT2D eigenvalue weighted by Crippen LogP contribution is 2.26. The number of aliphatic hydroxyl groups is 1. The number of phenolic OH excluding ortho intramolecular Hbond substituents is 2. The number of aliphatic hydroxyl groups excluding tert-OH is 1. The maximum Gasteiger partial charge on any atom is 0.191 e. The van der Waals surface area contributed by atoms with E-state index in [9.17, 15) is 15.0 Å². The second kappa shape index (κ2) is 8.60. The molecule has 0 radical (unpaired) electrons. The summed E-state index contributed by atoms with van der Waals surface area (Å²) in [4.78, 5) is 11.5. The van der Waals surface area contributed by atoms with Crippen LogP contribution in [0.5, 0.6) is 17.2 Å². The van der Waals surface area contributed by atoms with Crippen molar-refractivity contribution in [3.63, 3.8) is 0 Å². The van der Waals surface area contributed by atoms with Crippen molar-refractivity contribution in [3.05, 3.63) is 53.1 Å². The molecule has 0 amide bonds. The summed E-state index contributed by atoms with van der Waals surface area (Å²) in [5, 5.41) is 35.9. The quantitative estimate of drug-likeness (QED) is 0.405. The van der Waals surface area contributed by atoms with Gasteiger partial charge in [0.25, 0.3) is 0 Å². The van der Waals surface area contributed by atoms with E-state index in [1.807, 2.05) is 6.92 Å². The number of carbonyl (C=O) groups excluding carboxylic acids is 1. The molecule has 2 aromatic rings. The van der Waals surface area contributed by atoms with Crippen LogP contribution < -0.4 is 4.74 Å². The Kier molecular flexibility index (Phi) is 6.25. The monoisotopic (exact) mass is 342 g/mol.